The maximum absolute atomic E-state index is 13.0. The van der Waals surface area contributed by atoms with Crippen molar-refractivity contribution in [3.8, 4) is 0 Å². The van der Waals surface area contributed by atoms with Gasteiger partial charge in [-0.25, -0.2) is 4.79 Å². The fraction of sp³-hybridized carbons (Fsp3) is 0.344. The van der Waals surface area contributed by atoms with Crippen LogP contribution in [0.3, 0.4) is 0 Å². The van der Waals surface area contributed by atoms with Crippen molar-refractivity contribution < 1.29 is 14.4 Å². The van der Waals surface area contributed by atoms with Crippen LogP contribution in [-0.2, 0) is 11.2 Å². The summed E-state index contributed by atoms with van der Waals surface area (Å²) in [6, 6.07) is 20.6. The number of hydrogen-bond acceptors (Lipinski definition) is 5. The van der Waals surface area contributed by atoms with Gasteiger partial charge < -0.3 is 30.7 Å². The Bertz CT molecular complexity index is 1370. The minimum Gasteiger partial charge on any atom is -0.368 e. The van der Waals surface area contributed by atoms with E-state index in [-0.39, 0.29) is 33.6 Å². The highest BCUT2D eigenvalue weighted by Gasteiger charge is 2.23. The number of nitrogens with one attached hydrogen (secondary N) is 3. The zero-order chi connectivity index (χ0) is 30.8. The fourth-order valence-electron chi connectivity index (χ4n) is 4.75. The van der Waals surface area contributed by atoms with Crippen molar-refractivity contribution in [2.24, 2.45) is 0 Å². The summed E-state index contributed by atoms with van der Waals surface area (Å²) in [5.41, 5.74) is 3.62. The van der Waals surface area contributed by atoms with E-state index in [9.17, 15) is 14.4 Å². The molecule has 3 N–H and O–H groups in total. The van der Waals surface area contributed by atoms with Gasteiger partial charge in [-0.1, -0.05) is 53.5 Å². The molecule has 0 saturated carbocycles. The number of urea groups is 1. The summed E-state index contributed by atoms with van der Waals surface area (Å²) in [6.07, 6.45) is 2.14. The molecule has 3 aromatic rings. The Morgan fingerprint density at radius 2 is 1.51 bits per heavy atom. The first-order valence-electron chi connectivity index (χ1n) is 14.4. The van der Waals surface area contributed by atoms with Gasteiger partial charge in [0, 0.05) is 62.6 Å². The zero-order valence-electron chi connectivity index (χ0n) is 24.5. The Balaban J connectivity index is 1.22. The molecule has 0 spiro atoms. The van der Waals surface area contributed by atoms with Gasteiger partial charge in [0.2, 0.25) is 5.91 Å². The lowest BCUT2D eigenvalue weighted by atomic mass is 10.1. The largest absolute Gasteiger partial charge is 0.368 e. The molecular formula is C32H38Cl2N6O3. The monoisotopic (exact) mass is 624 g/mol. The third-order valence-electron chi connectivity index (χ3n) is 7.18. The van der Waals surface area contributed by atoms with E-state index >= 15 is 0 Å². The number of rotatable bonds is 11. The minimum atomic E-state index is -0.308. The van der Waals surface area contributed by atoms with Crippen molar-refractivity contribution in [3.63, 3.8) is 0 Å². The summed E-state index contributed by atoms with van der Waals surface area (Å²) < 4.78 is 0. The molecule has 1 aliphatic heterocycles. The van der Waals surface area contributed by atoms with E-state index in [0.717, 1.165) is 24.2 Å². The predicted octanol–water partition coefficient (Wildman–Crippen LogP) is 5.60. The molecule has 0 unspecified atom stereocenters. The van der Waals surface area contributed by atoms with E-state index in [1.54, 1.807) is 4.90 Å². The van der Waals surface area contributed by atoms with Gasteiger partial charge in [-0.15, -0.1) is 0 Å². The van der Waals surface area contributed by atoms with E-state index in [2.05, 4.69) is 33.0 Å². The van der Waals surface area contributed by atoms with Crippen LogP contribution >= 0.6 is 23.2 Å². The summed E-state index contributed by atoms with van der Waals surface area (Å²) >= 11 is 12.8. The number of halogens is 2. The average Bonchev–Trinajstić information content (AvgIpc) is 2.99. The molecule has 0 radical (unpaired) electrons. The van der Waals surface area contributed by atoms with Crippen LogP contribution in [0.5, 0.6) is 0 Å². The standard InChI is InChI=1S/C32H38Cl2N6O3/c1-38(2)16-15-35-31(42)24-21-27(33)30(28(34)22-24)37-32(43)40-19-17-39(18-20-40)26-13-11-25(12-14-26)36-29(41)10-6-9-23-7-4-3-5-8-23/h3-5,7-8,11-14,21-22H,6,9-10,15-20H2,1-2H3,(H,35,42)(H,36,41)(H,37,43). The van der Waals surface area contributed by atoms with Crippen LogP contribution in [0, 0.1) is 0 Å². The van der Waals surface area contributed by atoms with Gasteiger partial charge in [-0.05, 0) is 68.9 Å². The summed E-state index contributed by atoms with van der Waals surface area (Å²) in [5, 5.41) is 8.98. The number of carbonyl (C=O) groups excluding carboxylic acids is 3. The van der Waals surface area contributed by atoms with Gasteiger partial charge in [0.1, 0.15) is 0 Å². The minimum absolute atomic E-state index is 0.00132. The normalized spacial score (nSPS) is 13.1. The summed E-state index contributed by atoms with van der Waals surface area (Å²) in [6.45, 7) is 3.49. The predicted molar refractivity (Wildman–Crippen MR) is 175 cm³/mol. The quantitative estimate of drug-likeness (QED) is 0.258. The number of carbonyl (C=O) groups is 3. The first kappa shape index (κ1) is 32.1. The number of nitrogens with zero attached hydrogens (tertiary/aromatic N) is 3. The van der Waals surface area contributed by atoms with Gasteiger partial charge in [-0.2, -0.15) is 0 Å². The molecule has 11 heteroatoms. The Morgan fingerprint density at radius 3 is 2.14 bits per heavy atom. The van der Waals surface area contributed by atoms with E-state index in [4.69, 9.17) is 23.2 Å². The molecular weight excluding hydrogens is 587 g/mol. The molecule has 3 aromatic carbocycles. The maximum atomic E-state index is 13.0. The number of likely N-dealkylation sites (N-methyl/N-ethyl adjacent to an activating group) is 1. The smallest absolute Gasteiger partial charge is 0.322 e. The van der Waals surface area contributed by atoms with Crippen molar-refractivity contribution in [1.82, 2.24) is 15.1 Å². The summed E-state index contributed by atoms with van der Waals surface area (Å²) in [4.78, 5) is 43.7. The molecule has 4 rings (SSSR count). The molecule has 0 bridgehead atoms. The highest BCUT2D eigenvalue weighted by molar-refractivity contribution is 6.40. The topological polar surface area (TPSA) is 97.0 Å². The Kier molecular flexibility index (Phi) is 11.7. The fourth-order valence-corrected chi connectivity index (χ4v) is 5.33. The third-order valence-corrected chi connectivity index (χ3v) is 7.77. The SMILES string of the molecule is CN(C)CCNC(=O)c1cc(Cl)c(NC(=O)N2CCN(c3ccc(NC(=O)CCCc4ccccc4)cc3)CC2)c(Cl)c1. The van der Waals surface area contributed by atoms with Crippen LogP contribution in [0.25, 0.3) is 0 Å². The number of piperazine rings is 1. The van der Waals surface area contributed by atoms with Gasteiger partial charge >= 0.3 is 6.03 Å². The van der Waals surface area contributed by atoms with Crippen LogP contribution in [0.2, 0.25) is 10.0 Å². The molecule has 0 aliphatic carbocycles. The molecule has 4 amide bonds. The molecule has 1 aliphatic rings. The average molecular weight is 626 g/mol. The van der Waals surface area contributed by atoms with Crippen LogP contribution in [-0.4, -0.2) is 81.0 Å². The lowest BCUT2D eigenvalue weighted by molar-refractivity contribution is -0.116. The second kappa shape index (κ2) is 15.6. The van der Waals surface area contributed by atoms with Gasteiger partial charge in [-0.3, -0.25) is 9.59 Å². The first-order valence-corrected chi connectivity index (χ1v) is 15.1. The van der Waals surface area contributed by atoms with Crippen LogP contribution < -0.4 is 20.9 Å². The molecule has 0 atom stereocenters. The van der Waals surface area contributed by atoms with Gasteiger partial charge in [0.25, 0.3) is 5.91 Å². The van der Waals surface area contributed by atoms with E-state index < -0.39 is 0 Å². The lowest BCUT2D eigenvalue weighted by Crippen LogP contribution is -2.50. The van der Waals surface area contributed by atoms with E-state index in [1.165, 1.54) is 17.7 Å². The van der Waals surface area contributed by atoms with Crippen LogP contribution in [0.4, 0.5) is 21.9 Å². The van der Waals surface area contributed by atoms with Crippen molar-refractivity contribution >= 4 is 58.1 Å². The molecule has 1 fully saturated rings. The van der Waals surface area contributed by atoms with Crippen LogP contribution in [0.15, 0.2) is 66.7 Å². The van der Waals surface area contributed by atoms with E-state index in [1.807, 2.05) is 61.5 Å². The number of anilines is 3. The van der Waals surface area contributed by atoms with Crippen molar-refractivity contribution in [2.45, 2.75) is 19.3 Å². The Hall–Kier alpha value is -3.79. The van der Waals surface area contributed by atoms with Gasteiger partial charge in [0.15, 0.2) is 0 Å². The zero-order valence-corrected chi connectivity index (χ0v) is 26.0. The number of aryl methyl sites for hydroxylation is 1. The lowest BCUT2D eigenvalue weighted by Gasteiger charge is -2.36. The van der Waals surface area contributed by atoms with Crippen molar-refractivity contribution in [2.75, 3.05) is 68.9 Å². The summed E-state index contributed by atoms with van der Waals surface area (Å²) in [7, 11) is 3.85. The third kappa shape index (κ3) is 9.61. The number of benzene rings is 3. The Morgan fingerprint density at radius 1 is 0.860 bits per heavy atom. The second-order valence-electron chi connectivity index (χ2n) is 10.7. The van der Waals surface area contributed by atoms with Gasteiger partial charge in [0.05, 0.1) is 15.7 Å². The van der Waals surface area contributed by atoms with Crippen LogP contribution in [0.1, 0.15) is 28.8 Å². The summed E-state index contributed by atoms with van der Waals surface area (Å²) in [5.74, 6) is -0.282. The highest BCUT2D eigenvalue weighted by atomic mass is 35.5. The second-order valence-corrected chi connectivity index (χ2v) is 11.5. The molecule has 0 aromatic heterocycles. The first-order chi connectivity index (χ1) is 20.7. The molecule has 9 nitrogen and oxygen atoms in total. The highest BCUT2D eigenvalue weighted by Crippen LogP contribution is 2.32. The van der Waals surface area contributed by atoms with Crippen molar-refractivity contribution in [1.29, 1.82) is 0 Å². The molecule has 228 valence electrons. The van der Waals surface area contributed by atoms with E-state index in [0.29, 0.717) is 51.3 Å². The molecule has 1 saturated heterocycles. The maximum Gasteiger partial charge on any atom is 0.322 e. The number of amides is 4. The van der Waals surface area contributed by atoms with Crippen molar-refractivity contribution in [3.05, 3.63) is 87.9 Å². The Labute approximate surface area is 263 Å². The number of hydrogen-bond donors (Lipinski definition) is 3. The molecule has 43 heavy (non-hydrogen) atoms. The molecule has 1 heterocycles.